The second-order valence-electron chi connectivity index (χ2n) is 4.26. The van der Waals surface area contributed by atoms with E-state index in [0.29, 0.717) is 0 Å². The van der Waals surface area contributed by atoms with E-state index in [9.17, 15) is 0 Å². The molecule has 0 amide bonds. The van der Waals surface area contributed by atoms with Gasteiger partial charge in [0.15, 0.2) is 0 Å². The van der Waals surface area contributed by atoms with Gasteiger partial charge in [0.1, 0.15) is 0 Å². The van der Waals surface area contributed by atoms with Crippen LogP contribution >= 0.6 is 27.3 Å². The SMILES string of the molecule is Nc1cccc(-c2cnn(Cc3ccc(Br)s3)c2)c1. The Labute approximate surface area is 123 Å². The maximum absolute atomic E-state index is 5.80. The largest absolute Gasteiger partial charge is 0.399 e. The van der Waals surface area contributed by atoms with Gasteiger partial charge in [-0.15, -0.1) is 11.3 Å². The highest BCUT2D eigenvalue weighted by Gasteiger charge is 2.04. The predicted octanol–water partition coefficient (Wildman–Crippen LogP) is 4.00. The first-order chi connectivity index (χ1) is 9.20. The summed E-state index contributed by atoms with van der Waals surface area (Å²) in [7, 11) is 0. The molecule has 0 saturated carbocycles. The first kappa shape index (κ1) is 12.4. The molecule has 0 aliphatic rings. The van der Waals surface area contributed by atoms with Crippen LogP contribution in [-0.2, 0) is 6.54 Å². The fraction of sp³-hybridized carbons (Fsp3) is 0.0714. The van der Waals surface area contributed by atoms with Gasteiger partial charge >= 0.3 is 0 Å². The molecule has 0 aliphatic heterocycles. The molecule has 0 saturated heterocycles. The lowest BCUT2D eigenvalue weighted by Gasteiger charge is -1.99. The summed E-state index contributed by atoms with van der Waals surface area (Å²) in [5.41, 5.74) is 8.75. The lowest BCUT2D eigenvalue weighted by molar-refractivity contribution is 0.695. The van der Waals surface area contributed by atoms with Crippen molar-refractivity contribution in [2.75, 3.05) is 5.73 Å². The summed E-state index contributed by atoms with van der Waals surface area (Å²) in [5, 5.41) is 4.39. The quantitative estimate of drug-likeness (QED) is 0.736. The molecule has 0 fully saturated rings. The highest BCUT2D eigenvalue weighted by Crippen LogP contribution is 2.24. The lowest BCUT2D eigenvalue weighted by atomic mass is 10.1. The van der Waals surface area contributed by atoms with Crippen LogP contribution in [0.1, 0.15) is 4.88 Å². The Kier molecular flexibility index (Phi) is 3.40. The molecule has 1 aromatic carbocycles. The maximum atomic E-state index is 5.80. The van der Waals surface area contributed by atoms with Gasteiger partial charge in [0.2, 0.25) is 0 Å². The molecule has 0 spiro atoms. The van der Waals surface area contributed by atoms with Crippen molar-refractivity contribution in [1.82, 2.24) is 9.78 Å². The zero-order valence-electron chi connectivity index (χ0n) is 10.1. The lowest BCUT2D eigenvalue weighted by Crippen LogP contribution is -1.97. The summed E-state index contributed by atoms with van der Waals surface area (Å²) in [6.07, 6.45) is 3.92. The minimum absolute atomic E-state index is 0.771. The Balaban J connectivity index is 1.83. The summed E-state index contributed by atoms with van der Waals surface area (Å²) in [4.78, 5) is 1.27. The van der Waals surface area contributed by atoms with Crippen molar-refractivity contribution in [1.29, 1.82) is 0 Å². The number of hydrogen-bond acceptors (Lipinski definition) is 3. The van der Waals surface area contributed by atoms with Gasteiger partial charge in [-0.2, -0.15) is 5.10 Å². The van der Waals surface area contributed by atoms with E-state index in [0.717, 1.165) is 27.1 Å². The molecule has 0 radical (unpaired) electrons. The van der Waals surface area contributed by atoms with Crippen LogP contribution in [0.15, 0.2) is 52.6 Å². The molecule has 0 bridgehead atoms. The first-order valence-electron chi connectivity index (χ1n) is 5.83. The Morgan fingerprint density at radius 1 is 1.21 bits per heavy atom. The Morgan fingerprint density at radius 2 is 2.11 bits per heavy atom. The van der Waals surface area contributed by atoms with Gasteiger partial charge in [0.05, 0.1) is 16.5 Å². The van der Waals surface area contributed by atoms with E-state index in [1.165, 1.54) is 4.88 Å². The number of anilines is 1. The van der Waals surface area contributed by atoms with Gasteiger partial charge in [0, 0.05) is 22.3 Å². The van der Waals surface area contributed by atoms with Crippen molar-refractivity contribution in [3.8, 4) is 11.1 Å². The third-order valence-corrected chi connectivity index (χ3v) is 4.41. The van der Waals surface area contributed by atoms with Crippen LogP contribution in [0.5, 0.6) is 0 Å². The van der Waals surface area contributed by atoms with E-state index in [4.69, 9.17) is 5.73 Å². The number of rotatable bonds is 3. The van der Waals surface area contributed by atoms with E-state index in [-0.39, 0.29) is 0 Å². The van der Waals surface area contributed by atoms with Gasteiger partial charge in [-0.05, 0) is 45.8 Å². The molecule has 96 valence electrons. The fourth-order valence-corrected chi connectivity index (χ4v) is 3.39. The fourth-order valence-electron chi connectivity index (χ4n) is 1.91. The number of thiophene rings is 1. The summed E-state index contributed by atoms with van der Waals surface area (Å²) in [5.74, 6) is 0. The second kappa shape index (κ2) is 5.19. The number of aromatic nitrogens is 2. The van der Waals surface area contributed by atoms with Gasteiger partial charge in [-0.1, -0.05) is 12.1 Å². The van der Waals surface area contributed by atoms with Crippen molar-refractivity contribution < 1.29 is 0 Å². The highest BCUT2D eigenvalue weighted by atomic mass is 79.9. The average Bonchev–Trinajstić information content (AvgIpc) is 2.99. The molecule has 0 unspecified atom stereocenters. The smallest absolute Gasteiger partial charge is 0.0752 e. The molecule has 2 heterocycles. The van der Waals surface area contributed by atoms with Gasteiger partial charge in [-0.3, -0.25) is 4.68 Å². The van der Waals surface area contributed by atoms with Crippen LogP contribution in [0, 0.1) is 0 Å². The minimum Gasteiger partial charge on any atom is -0.399 e. The molecule has 3 nitrogen and oxygen atoms in total. The van der Waals surface area contributed by atoms with Gasteiger partial charge in [-0.25, -0.2) is 0 Å². The van der Waals surface area contributed by atoms with Crippen molar-refractivity contribution in [3.63, 3.8) is 0 Å². The number of nitrogen functional groups attached to an aromatic ring is 1. The second-order valence-corrected chi connectivity index (χ2v) is 6.81. The van der Waals surface area contributed by atoms with Crippen LogP contribution in [0.3, 0.4) is 0 Å². The Morgan fingerprint density at radius 3 is 2.84 bits per heavy atom. The van der Waals surface area contributed by atoms with Crippen molar-refractivity contribution >= 4 is 33.0 Å². The van der Waals surface area contributed by atoms with E-state index >= 15 is 0 Å². The standard InChI is InChI=1S/C14H12BrN3S/c15-14-5-4-13(19-14)9-18-8-11(7-17-18)10-2-1-3-12(16)6-10/h1-8H,9,16H2. The summed E-state index contributed by atoms with van der Waals surface area (Å²) in [6, 6.07) is 12.0. The van der Waals surface area contributed by atoms with E-state index in [1.54, 1.807) is 11.3 Å². The molecule has 5 heteroatoms. The molecule has 0 aliphatic carbocycles. The number of benzene rings is 1. The van der Waals surface area contributed by atoms with Gasteiger partial charge in [0.25, 0.3) is 0 Å². The van der Waals surface area contributed by atoms with Crippen LogP contribution in [0.2, 0.25) is 0 Å². The van der Waals surface area contributed by atoms with Crippen molar-refractivity contribution in [2.24, 2.45) is 0 Å². The molecule has 2 aromatic heterocycles. The summed E-state index contributed by atoms with van der Waals surface area (Å²) >= 11 is 5.20. The summed E-state index contributed by atoms with van der Waals surface area (Å²) in [6.45, 7) is 0.790. The predicted molar refractivity (Wildman–Crippen MR) is 83.2 cm³/mol. The van der Waals surface area contributed by atoms with E-state index in [2.05, 4.69) is 33.2 Å². The van der Waals surface area contributed by atoms with Crippen molar-refractivity contribution in [3.05, 3.63) is 57.5 Å². The molecule has 0 atom stereocenters. The normalized spacial score (nSPS) is 10.8. The molecule has 3 rings (SSSR count). The van der Waals surface area contributed by atoms with Crippen molar-refractivity contribution in [2.45, 2.75) is 6.54 Å². The molecule has 3 aromatic rings. The molecular formula is C14H12BrN3S. The van der Waals surface area contributed by atoms with Crippen LogP contribution in [0.25, 0.3) is 11.1 Å². The molecular weight excluding hydrogens is 322 g/mol. The maximum Gasteiger partial charge on any atom is 0.0752 e. The average molecular weight is 334 g/mol. The zero-order chi connectivity index (χ0) is 13.2. The van der Waals surface area contributed by atoms with Gasteiger partial charge < -0.3 is 5.73 Å². The molecule has 2 N–H and O–H groups in total. The number of nitrogens with zero attached hydrogens (tertiary/aromatic N) is 2. The topological polar surface area (TPSA) is 43.8 Å². The van der Waals surface area contributed by atoms with E-state index in [1.807, 2.05) is 41.3 Å². The van der Waals surface area contributed by atoms with Crippen LogP contribution in [0.4, 0.5) is 5.69 Å². The molecule has 19 heavy (non-hydrogen) atoms. The zero-order valence-corrected chi connectivity index (χ0v) is 12.5. The number of nitrogens with two attached hydrogens (primary N) is 1. The Hall–Kier alpha value is -1.59. The number of hydrogen-bond donors (Lipinski definition) is 1. The Bertz CT molecular complexity index is 702. The highest BCUT2D eigenvalue weighted by molar-refractivity contribution is 9.11. The van der Waals surface area contributed by atoms with Crippen LogP contribution in [-0.4, -0.2) is 9.78 Å². The number of halogens is 1. The minimum atomic E-state index is 0.771. The monoisotopic (exact) mass is 333 g/mol. The first-order valence-corrected chi connectivity index (χ1v) is 7.44. The van der Waals surface area contributed by atoms with Crippen LogP contribution < -0.4 is 5.73 Å². The van der Waals surface area contributed by atoms with E-state index < -0.39 is 0 Å². The third kappa shape index (κ3) is 2.88. The summed E-state index contributed by atoms with van der Waals surface area (Å²) < 4.78 is 3.09. The third-order valence-electron chi connectivity index (χ3n) is 2.80.